The fourth-order valence-electron chi connectivity index (χ4n) is 2.61. The number of hydrogen-bond acceptors (Lipinski definition) is 3. The number of halogens is 1. The van der Waals surface area contributed by atoms with Crippen LogP contribution in [0.5, 0.6) is 5.75 Å². The Morgan fingerprint density at radius 1 is 1.21 bits per heavy atom. The normalized spacial score (nSPS) is 24.4. The molecule has 0 amide bonds. The zero-order valence-corrected chi connectivity index (χ0v) is 13.3. The van der Waals surface area contributed by atoms with E-state index in [1.54, 1.807) is 0 Å². The van der Waals surface area contributed by atoms with Crippen molar-refractivity contribution >= 4 is 15.9 Å². The number of nitrogens with zero attached hydrogens (tertiary/aromatic N) is 1. The molecule has 0 spiro atoms. The van der Waals surface area contributed by atoms with E-state index in [0.29, 0.717) is 18.7 Å². The van der Waals surface area contributed by atoms with Gasteiger partial charge in [-0.1, -0.05) is 22.4 Å². The highest BCUT2D eigenvalue weighted by molar-refractivity contribution is 9.10. The van der Waals surface area contributed by atoms with Crippen LogP contribution in [-0.4, -0.2) is 30.2 Å². The lowest BCUT2D eigenvalue weighted by Crippen LogP contribution is -2.52. The van der Waals surface area contributed by atoms with Crippen LogP contribution in [0.1, 0.15) is 33.1 Å². The first-order valence-corrected chi connectivity index (χ1v) is 7.86. The van der Waals surface area contributed by atoms with E-state index in [2.05, 4.69) is 40.2 Å². The second kappa shape index (κ2) is 7.27. The molecule has 1 aliphatic rings. The van der Waals surface area contributed by atoms with Crippen molar-refractivity contribution in [3.05, 3.63) is 28.7 Å². The summed E-state index contributed by atoms with van der Waals surface area (Å²) in [7, 11) is 0. The summed E-state index contributed by atoms with van der Waals surface area (Å²) in [5, 5.41) is 2.38. The van der Waals surface area contributed by atoms with Crippen LogP contribution in [0.3, 0.4) is 0 Å². The average molecular weight is 327 g/mol. The molecular formula is C15H23BrN2O. The summed E-state index contributed by atoms with van der Waals surface area (Å²) in [6.45, 7) is 6.12. The molecule has 0 saturated carbocycles. The molecule has 1 saturated heterocycles. The van der Waals surface area contributed by atoms with Crippen molar-refractivity contribution in [3.63, 3.8) is 0 Å². The Hall–Kier alpha value is -0.580. The first-order chi connectivity index (χ1) is 9.16. The van der Waals surface area contributed by atoms with Gasteiger partial charge in [0.1, 0.15) is 12.4 Å². The maximum Gasteiger partial charge on any atom is 0.119 e. The summed E-state index contributed by atoms with van der Waals surface area (Å²) in [6.07, 6.45) is 3.91. The largest absolute Gasteiger partial charge is 0.492 e. The third kappa shape index (κ3) is 4.48. The topological polar surface area (TPSA) is 24.5 Å². The Morgan fingerprint density at radius 2 is 1.84 bits per heavy atom. The number of hydrogen-bond donors (Lipinski definition) is 1. The van der Waals surface area contributed by atoms with Crippen LogP contribution < -0.4 is 10.2 Å². The number of rotatable bonds is 5. The molecule has 1 N–H and O–H groups in total. The molecule has 1 heterocycles. The highest BCUT2D eigenvalue weighted by Crippen LogP contribution is 2.20. The van der Waals surface area contributed by atoms with Gasteiger partial charge in [0, 0.05) is 23.1 Å². The van der Waals surface area contributed by atoms with Gasteiger partial charge in [-0.05, 0) is 51.0 Å². The van der Waals surface area contributed by atoms with Crippen LogP contribution in [0.15, 0.2) is 28.7 Å². The Morgan fingerprint density at radius 3 is 2.47 bits per heavy atom. The average Bonchev–Trinajstić information content (AvgIpc) is 2.39. The minimum Gasteiger partial charge on any atom is -0.492 e. The molecule has 0 aliphatic carbocycles. The SMILES string of the molecule is CC1CCCC(C)N1NCCOc1ccc(Br)cc1. The fourth-order valence-corrected chi connectivity index (χ4v) is 2.87. The van der Waals surface area contributed by atoms with Crippen molar-refractivity contribution in [2.45, 2.75) is 45.2 Å². The predicted octanol–water partition coefficient (Wildman–Crippen LogP) is 3.60. The monoisotopic (exact) mass is 326 g/mol. The van der Waals surface area contributed by atoms with Crippen molar-refractivity contribution in [1.82, 2.24) is 10.4 Å². The number of benzene rings is 1. The van der Waals surface area contributed by atoms with Gasteiger partial charge in [-0.25, -0.2) is 5.01 Å². The molecule has 2 atom stereocenters. The molecule has 0 bridgehead atoms. The maximum atomic E-state index is 5.71. The molecule has 0 radical (unpaired) electrons. The van der Waals surface area contributed by atoms with E-state index in [9.17, 15) is 0 Å². The van der Waals surface area contributed by atoms with Crippen molar-refractivity contribution in [1.29, 1.82) is 0 Å². The van der Waals surface area contributed by atoms with Gasteiger partial charge in [-0.15, -0.1) is 0 Å². The molecule has 3 nitrogen and oxygen atoms in total. The first-order valence-electron chi connectivity index (χ1n) is 7.07. The van der Waals surface area contributed by atoms with Crippen LogP contribution in [-0.2, 0) is 0 Å². The molecule has 19 heavy (non-hydrogen) atoms. The number of hydrazine groups is 1. The van der Waals surface area contributed by atoms with Crippen LogP contribution in [0.25, 0.3) is 0 Å². The number of nitrogens with one attached hydrogen (secondary N) is 1. The molecule has 4 heteroatoms. The fraction of sp³-hybridized carbons (Fsp3) is 0.600. The van der Waals surface area contributed by atoms with Crippen LogP contribution in [0.4, 0.5) is 0 Å². The quantitative estimate of drug-likeness (QED) is 0.837. The lowest BCUT2D eigenvalue weighted by molar-refractivity contribution is 0.0417. The Bertz CT molecular complexity index is 372. The van der Waals surface area contributed by atoms with E-state index in [1.807, 2.05) is 24.3 Å². The van der Waals surface area contributed by atoms with Gasteiger partial charge in [0.2, 0.25) is 0 Å². The van der Waals surface area contributed by atoms with Crippen molar-refractivity contribution < 1.29 is 4.74 Å². The van der Waals surface area contributed by atoms with Crippen molar-refractivity contribution in [3.8, 4) is 5.75 Å². The Balaban J connectivity index is 1.70. The molecule has 1 aliphatic heterocycles. The van der Waals surface area contributed by atoms with Gasteiger partial charge in [-0.2, -0.15) is 0 Å². The van der Waals surface area contributed by atoms with E-state index in [-0.39, 0.29) is 0 Å². The first kappa shape index (κ1) is 14.8. The van der Waals surface area contributed by atoms with Crippen LogP contribution >= 0.6 is 15.9 Å². The summed E-state index contributed by atoms with van der Waals surface area (Å²) in [4.78, 5) is 0. The molecule has 0 aromatic heterocycles. The van der Waals surface area contributed by atoms with Gasteiger partial charge >= 0.3 is 0 Å². The molecule has 1 fully saturated rings. The summed E-state index contributed by atoms with van der Waals surface area (Å²) < 4.78 is 6.79. The Labute approximate surface area is 124 Å². The molecule has 1 aromatic carbocycles. The summed E-state index contributed by atoms with van der Waals surface area (Å²) in [6, 6.07) is 9.20. The molecule has 2 unspecified atom stereocenters. The smallest absolute Gasteiger partial charge is 0.119 e. The third-order valence-electron chi connectivity index (χ3n) is 3.67. The van der Waals surface area contributed by atoms with E-state index >= 15 is 0 Å². The number of ether oxygens (including phenoxy) is 1. The van der Waals surface area contributed by atoms with Gasteiger partial charge in [0.15, 0.2) is 0 Å². The summed E-state index contributed by atoms with van der Waals surface area (Å²) >= 11 is 3.42. The van der Waals surface area contributed by atoms with E-state index in [0.717, 1.165) is 16.8 Å². The highest BCUT2D eigenvalue weighted by atomic mass is 79.9. The van der Waals surface area contributed by atoms with Gasteiger partial charge < -0.3 is 4.74 Å². The van der Waals surface area contributed by atoms with Crippen LogP contribution in [0, 0.1) is 0 Å². The van der Waals surface area contributed by atoms with E-state index < -0.39 is 0 Å². The van der Waals surface area contributed by atoms with E-state index in [4.69, 9.17) is 4.74 Å². The van der Waals surface area contributed by atoms with Crippen molar-refractivity contribution in [2.75, 3.05) is 13.2 Å². The van der Waals surface area contributed by atoms with Crippen LogP contribution in [0.2, 0.25) is 0 Å². The van der Waals surface area contributed by atoms with Crippen molar-refractivity contribution in [2.24, 2.45) is 0 Å². The zero-order valence-electron chi connectivity index (χ0n) is 11.7. The number of piperidine rings is 1. The van der Waals surface area contributed by atoms with Gasteiger partial charge in [0.05, 0.1) is 0 Å². The third-order valence-corrected chi connectivity index (χ3v) is 4.20. The standard InChI is InChI=1S/C15H23BrN2O/c1-12-4-3-5-13(2)18(12)17-10-11-19-15-8-6-14(16)7-9-15/h6-9,12-13,17H,3-5,10-11H2,1-2H3. The minimum atomic E-state index is 0.622. The highest BCUT2D eigenvalue weighted by Gasteiger charge is 2.23. The van der Waals surface area contributed by atoms with E-state index in [1.165, 1.54) is 19.3 Å². The molecule has 1 aromatic rings. The lowest BCUT2D eigenvalue weighted by Gasteiger charge is -2.39. The van der Waals surface area contributed by atoms with Gasteiger partial charge in [0.25, 0.3) is 0 Å². The Kier molecular flexibility index (Phi) is 5.67. The second-order valence-electron chi connectivity index (χ2n) is 5.25. The zero-order chi connectivity index (χ0) is 13.7. The lowest BCUT2D eigenvalue weighted by atomic mass is 10.00. The maximum absolute atomic E-state index is 5.71. The summed E-state index contributed by atoms with van der Waals surface area (Å²) in [5.74, 6) is 0.921. The van der Waals surface area contributed by atoms with Gasteiger partial charge in [-0.3, -0.25) is 5.43 Å². The predicted molar refractivity (Wildman–Crippen MR) is 82.3 cm³/mol. The molecular weight excluding hydrogens is 304 g/mol. The molecule has 2 rings (SSSR count). The summed E-state index contributed by atoms with van der Waals surface area (Å²) in [5.41, 5.74) is 3.50. The molecule has 106 valence electrons. The second-order valence-corrected chi connectivity index (χ2v) is 6.16. The minimum absolute atomic E-state index is 0.622.